The highest BCUT2D eigenvalue weighted by molar-refractivity contribution is 5.77. The highest BCUT2D eigenvalue weighted by atomic mass is 16.5. The molecule has 3 aromatic heterocycles. The van der Waals surface area contributed by atoms with Crippen LogP contribution in [0.1, 0.15) is 36.4 Å². The molecule has 184 valence electrons. The van der Waals surface area contributed by atoms with Gasteiger partial charge in [0.15, 0.2) is 5.65 Å². The second kappa shape index (κ2) is 8.72. The Labute approximate surface area is 207 Å². The predicted octanol–water partition coefficient (Wildman–Crippen LogP) is 2.87. The Balaban J connectivity index is 1.28. The monoisotopic (exact) mass is 485 g/mol. The van der Waals surface area contributed by atoms with Gasteiger partial charge >= 0.3 is 0 Å². The van der Waals surface area contributed by atoms with Gasteiger partial charge in [-0.05, 0) is 55.1 Å². The first kappa shape index (κ1) is 21.5. The average molecular weight is 486 g/mol. The maximum atomic E-state index is 13.4. The second-order valence-corrected chi connectivity index (χ2v) is 9.61. The van der Waals surface area contributed by atoms with E-state index in [-0.39, 0.29) is 17.7 Å². The van der Waals surface area contributed by atoms with Gasteiger partial charge in [-0.15, -0.1) is 0 Å². The van der Waals surface area contributed by atoms with Gasteiger partial charge in [0, 0.05) is 37.1 Å². The first-order valence-corrected chi connectivity index (χ1v) is 12.5. The van der Waals surface area contributed by atoms with Crippen molar-refractivity contribution < 1.29 is 9.47 Å². The molecule has 0 radical (unpaired) electrons. The van der Waals surface area contributed by atoms with Crippen LogP contribution in [0.5, 0.6) is 5.88 Å². The minimum atomic E-state index is -0.0811. The van der Waals surface area contributed by atoms with Crippen molar-refractivity contribution in [3.05, 3.63) is 64.2 Å². The lowest BCUT2D eigenvalue weighted by Crippen LogP contribution is -2.23. The van der Waals surface area contributed by atoms with Crippen LogP contribution < -0.4 is 20.9 Å². The molecule has 2 fully saturated rings. The quantitative estimate of drug-likeness (QED) is 0.429. The van der Waals surface area contributed by atoms with E-state index in [1.807, 2.05) is 16.8 Å². The normalized spacial score (nSPS) is 19.4. The Morgan fingerprint density at radius 1 is 1.11 bits per heavy atom. The zero-order chi connectivity index (χ0) is 24.1. The van der Waals surface area contributed by atoms with Gasteiger partial charge in [-0.3, -0.25) is 4.79 Å². The molecule has 10 heteroatoms. The lowest BCUT2D eigenvalue weighted by molar-refractivity contribution is 0.138. The summed E-state index contributed by atoms with van der Waals surface area (Å²) in [5.74, 6) is 0.955. The van der Waals surface area contributed by atoms with Crippen LogP contribution in [0.3, 0.4) is 0 Å². The van der Waals surface area contributed by atoms with Crippen molar-refractivity contribution >= 4 is 22.7 Å². The Bertz CT molecular complexity index is 1500. The van der Waals surface area contributed by atoms with Crippen LogP contribution in [0.4, 0.5) is 11.6 Å². The summed E-state index contributed by atoms with van der Waals surface area (Å²) in [5, 5.41) is 7.24. The Hall–Kier alpha value is -3.76. The molecule has 5 heterocycles. The molecule has 3 aliphatic rings. The number of benzene rings is 1. The van der Waals surface area contributed by atoms with Crippen molar-refractivity contribution in [1.82, 2.24) is 29.6 Å². The molecular weight excluding hydrogens is 458 g/mol. The van der Waals surface area contributed by atoms with Crippen molar-refractivity contribution in [3.8, 4) is 11.6 Å². The van der Waals surface area contributed by atoms with Gasteiger partial charge in [-0.1, -0.05) is 6.07 Å². The molecule has 2 aliphatic heterocycles. The van der Waals surface area contributed by atoms with Crippen molar-refractivity contribution in [3.63, 3.8) is 0 Å². The number of fused-ring (bicyclic) bond motifs is 2. The third-order valence-corrected chi connectivity index (χ3v) is 7.00. The van der Waals surface area contributed by atoms with Crippen molar-refractivity contribution in [2.75, 3.05) is 25.1 Å². The van der Waals surface area contributed by atoms with Crippen molar-refractivity contribution in [2.24, 2.45) is 0 Å². The molecule has 1 aliphatic carbocycles. The van der Waals surface area contributed by atoms with E-state index in [0.29, 0.717) is 36.1 Å². The van der Waals surface area contributed by atoms with E-state index in [1.54, 1.807) is 17.1 Å². The molecule has 36 heavy (non-hydrogen) atoms. The largest absolute Gasteiger partial charge is 0.472 e. The molecule has 7 rings (SSSR count). The average Bonchev–Trinajstić information content (AvgIpc) is 3.53. The van der Waals surface area contributed by atoms with E-state index in [2.05, 4.69) is 38.8 Å². The van der Waals surface area contributed by atoms with E-state index >= 15 is 0 Å². The summed E-state index contributed by atoms with van der Waals surface area (Å²) >= 11 is 0. The number of hydrogen-bond donors (Lipinski definition) is 2. The molecule has 0 spiro atoms. The van der Waals surface area contributed by atoms with E-state index in [4.69, 9.17) is 14.5 Å². The van der Waals surface area contributed by atoms with Gasteiger partial charge in [0.1, 0.15) is 11.5 Å². The maximum absolute atomic E-state index is 13.4. The van der Waals surface area contributed by atoms with E-state index in [0.717, 1.165) is 50.1 Å². The molecule has 1 saturated carbocycles. The Kier molecular flexibility index (Phi) is 5.21. The van der Waals surface area contributed by atoms with Crippen LogP contribution in [0.15, 0.2) is 47.5 Å². The van der Waals surface area contributed by atoms with Gasteiger partial charge < -0.3 is 20.1 Å². The van der Waals surface area contributed by atoms with Crippen LogP contribution in [0, 0.1) is 0 Å². The van der Waals surface area contributed by atoms with Crippen LogP contribution in [-0.2, 0) is 17.7 Å². The van der Waals surface area contributed by atoms with Crippen LogP contribution >= 0.6 is 0 Å². The number of pyridine rings is 1. The third-order valence-electron chi connectivity index (χ3n) is 7.00. The van der Waals surface area contributed by atoms with Crippen LogP contribution in [-0.4, -0.2) is 50.2 Å². The van der Waals surface area contributed by atoms with E-state index in [1.165, 1.54) is 11.1 Å². The summed E-state index contributed by atoms with van der Waals surface area (Å²) in [7, 11) is 0. The van der Waals surface area contributed by atoms with Gasteiger partial charge in [0.2, 0.25) is 11.8 Å². The lowest BCUT2D eigenvalue weighted by Gasteiger charge is -2.18. The van der Waals surface area contributed by atoms with Crippen LogP contribution in [0.2, 0.25) is 0 Å². The lowest BCUT2D eigenvalue weighted by atomic mass is 10.0. The Morgan fingerprint density at radius 3 is 2.92 bits per heavy atom. The van der Waals surface area contributed by atoms with Gasteiger partial charge in [-0.25, -0.2) is 19.3 Å². The topological polar surface area (TPSA) is 108 Å². The zero-order valence-corrected chi connectivity index (χ0v) is 19.8. The molecule has 2 N–H and O–H groups in total. The second-order valence-electron chi connectivity index (χ2n) is 9.61. The molecule has 0 amide bonds. The predicted molar refractivity (Wildman–Crippen MR) is 134 cm³/mol. The number of anilines is 2. The smallest absolute Gasteiger partial charge is 0.278 e. The van der Waals surface area contributed by atoms with Crippen LogP contribution in [0.25, 0.3) is 16.7 Å². The number of nitrogens with zero attached hydrogens (tertiary/aromatic N) is 5. The number of hydrogen-bond acceptors (Lipinski definition) is 8. The number of ether oxygens (including phenoxy) is 2. The van der Waals surface area contributed by atoms with Gasteiger partial charge in [0.05, 0.1) is 24.9 Å². The summed E-state index contributed by atoms with van der Waals surface area (Å²) in [6.07, 6.45) is 7.12. The molecule has 1 aromatic carbocycles. The zero-order valence-electron chi connectivity index (χ0n) is 19.8. The molecule has 10 nitrogen and oxygen atoms in total. The third kappa shape index (κ3) is 3.92. The van der Waals surface area contributed by atoms with Gasteiger partial charge in [0.25, 0.3) is 5.56 Å². The molecule has 1 atom stereocenters. The molecule has 4 aromatic rings. The summed E-state index contributed by atoms with van der Waals surface area (Å²) in [6.45, 7) is 3.12. The molecule has 0 bridgehead atoms. The Morgan fingerprint density at radius 2 is 2.06 bits per heavy atom. The SMILES string of the molecule is O=c1c2cnc(Nc3ccc4c(c3)CNCC4)nc2n(-c2ccnc(OC3CCOC3)c2)n1C1CC1. The molecular formula is C26H27N7O3. The fraction of sp³-hybridized carbons (Fsp3) is 0.385. The van der Waals surface area contributed by atoms with Gasteiger partial charge in [-0.2, -0.15) is 4.98 Å². The minimum absolute atomic E-state index is 0.00951. The molecule has 1 unspecified atom stereocenters. The first-order chi connectivity index (χ1) is 17.7. The first-order valence-electron chi connectivity index (χ1n) is 12.5. The summed E-state index contributed by atoms with van der Waals surface area (Å²) in [4.78, 5) is 27.0. The highest BCUT2D eigenvalue weighted by Crippen LogP contribution is 2.36. The van der Waals surface area contributed by atoms with E-state index < -0.39 is 0 Å². The molecule has 1 saturated heterocycles. The van der Waals surface area contributed by atoms with Crippen molar-refractivity contribution in [1.29, 1.82) is 0 Å². The highest BCUT2D eigenvalue weighted by Gasteiger charge is 2.31. The summed E-state index contributed by atoms with van der Waals surface area (Å²) in [5.41, 5.74) is 4.83. The van der Waals surface area contributed by atoms with E-state index in [9.17, 15) is 4.79 Å². The van der Waals surface area contributed by atoms with Crippen molar-refractivity contribution in [2.45, 2.75) is 44.4 Å². The maximum Gasteiger partial charge on any atom is 0.278 e. The standard InChI is InChI=1S/C26H27N7O3/c34-25-22-14-29-26(30-18-2-1-16-5-8-27-13-17(16)11-18)31-24(22)32(33(25)19-3-4-19)20-6-9-28-23(12-20)36-21-7-10-35-15-21/h1-2,6,9,11-12,14,19,21,27H,3-5,7-8,10,13,15H2,(H,29,30,31). The minimum Gasteiger partial charge on any atom is -0.472 e. The number of nitrogens with one attached hydrogen (secondary N) is 2. The summed E-state index contributed by atoms with van der Waals surface area (Å²) < 4.78 is 15.1. The summed E-state index contributed by atoms with van der Waals surface area (Å²) in [6, 6.07) is 10.2. The fourth-order valence-corrected chi connectivity index (χ4v) is 5.02. The number of aromatic nitrogens is 5. The fourth-order valence-electron chi connectivity index (χ4n) is 5.02. The number of rotatable bonds is 6.